The monoisotopic (exact) mass is 1540 g/mol. The number of carbonyl (C=O) groups is 8. The molecule has 8 rings (SSSR count). The van der Waals surface area contributed by atoms with E-state index in [0.717, 1.165) is 0 Å². The fourth-order valence-corrected chi connectivity index (χ4v) is 20.3. The van der Waals surface area contributed by atoms with Crippen molar-refractivity contribution in [3.63, 3.8) is 0 Å². The minimum atomic E-state index is -1.90. The SMILES string of the molecule is CC1(C)CC(OC(=O)C(CC(=O)OCC(C)(C)C2OCC3(CO2)COC(C(C)(C)COC(=O)CC(C(=O)OC2CC(C)(C)NC(C)(C)C2)C(C(=O)OC2CC(C)(C)NC(C)(C)C2)C(=O)OC2CC(C)(C)NC(C)(C)C2)OC3)C(C(=O)OC2CC(C)(C)NC(C)(C)C2)C(=O)OC2CC(C)(C)NC(C)(C)C2)CC(C)(C)N1. The lowest BCUT2D eigenvalue weighted by Crippen LogP contribution is -2.61. The second-order valence-corrected chi connectivity index (χ2v) is 43.4. The normalized spacial score (nSPS) is 28.6. The quantitative estimate of drug-likeness (QED) is 0.0297. The number of rotatable bonds is 24. The van der Waals surface area contributed by atoms with Crippen molar-refractivity contribution in [1.82, 2.24) is 31.9 Å². The Hall–Kier alpha value is -4.64. The molecule has 26 heteroatoms. The Balaban J connectivity index is 0.940. The zero-order chi connectivity index (χ0) is 81.9. The molecule has 6 N–H and O–H groups in total. The zero-order valence-corrected chi connectivity index (χ0v) is 71.7. The third-order valence-corrected chi connectivity index (χ3v) is 22.5. The van der Waals surface area contributed by atoms with Gasteiger partial charge in [-0.05, 0) is 166 Å². The molecule has 0 radical (unpaired) electrons. The molecule has 0 saturated carbocycles. The van der Waals surface area contributed by atoms with Crippen molar-refractivity contribution in [2.45, 2.75) is 399 Å². The van der Waals surface area contributed by atoms with Crippen molar-refractivity contribution in [3.05, 3.63) is 0 Å². The standard InChI is InChI=1S/C83H142N6O20/c1-69(2,43-98-57(90)29-55(61(92)104-49-31-71(5,6)84-72(7,8)32-49)59(63(94)106-51-35-75(13,14)86-76(15,16)36-51)64(95)107-52-37-77(17,18)87-78(19,20)38-52)67-100-45-83(46-101-67)47-102-68(103-48-83)70(3,4)44-99-58(91)30-56(62(93)105-50-33-73(9,10)85-74(11,12)34-50)60(65(96)108-53-39-79(21,22)88-80(23,24)40-53)66(97)109-54-41-81(25,26)89-82(27,28)42-54/h49-56,59-60,67-68,84-89H,29-48H2,1-28H3. The summed E-state index contributed by atoms with van der Waals surface area (Å²) in [6, 6.07) is 0. The molecule has 109 heavy (non-hydrogen) atoms. The number of ether oxygens (including phenoxy) is 12. The first-order chi connectivity index (χ1) is 49.3. The van der Waals surface area contributed by atoms with E-state index >= 15 is 28.8 Å². The van der Waals surface area contributed by atoms with Gasteiger partial charge in [-0.15, -0.1) is 0 Å². The molecule has 2 unspecified atom stereocenters. The minimum absolute atomic E-state index is 0.105. The highest BCUT2D eigenvalue weighted by Crippen LogP contribution is 2.43. The summed E-state index contributed by atoms with van der Waals surface area (Å²) in [5.41, 5.74) is -8.26. The van der Waals surface area contributed by atoms with E-state index in [4.69, 9.17) is 56.8 Å². The Morgan fingerprint density at radius 1 is 0.294 bits per heavy atom. The fourth-order valence-electron chi connectivity index (χ4n) is 20.3. The summed E-state index contributed by atoms with van der Waals surface area (Å²) in [6.07, 6.45) is -2.16. The molecule has 8 aliphatic rings. The maximum absolute atomic E-state index is 15.1. The molecular weight excluding hydrogens is 1400 g/mol. The summed E-state index contributed by atoms with van der Waals surface area (Å²) in [5.74, 6) is -14.7. The van der Waals surface area contributed by atoms with E-state index in [0.29, 0.717) is 77.0 Å². The summed E-state index contributed by atoms with van der Waals surface area (Å²) in [6.45, 7) is 55.4. The number of hydrogen-bond donors (Lipinski definition) is 6. The topological polar surface area (TPSA) is 319 Å². The van der Waals surface area contributed by atoms with Crippen LogP contribution in [0.25, 0.3) is 0 Å². The third kappa shape index (κ3) is 25.7. The van der Waals surface area contributed by atoms with E-state index in [1.54, 1.807) is 27.7 Å². The maximum atomic E-state index is 15.1. The van der Waals surface area contributed by atoms with Crippen molar-refractivity contribution in [1.29, 1.82) is 0 Å². The smallest absolute Gasteiger partial charge is 0.321 e. The maximum Gasteiger partial charge on any atom is 0.321 e. The van der Waals surface area contributed by atoms with Gasteiger partial charge in [0, 0.05) is 154 Å². The van der Waals surface area contributed by atoms with Gasteiger partial charge in [-0.1, -0.05) is 27.7 Å². The average molecular weight is 1540 g/mol. The van der Waals surface area contributed by atoms with E-state index in [9.17, 15) is 9.59 Å². The lowest BCUT2D eigenvalue weighted by Gasteiger charge is -2.48. The Kier molecular flexibility index (Phi) is 26.6. The van der Waals surface area contributed by atoms with Crippen LogP contribution in [-0.2, 0) is 95.2 Å². The van der Waals surface area contributed by atoms with Crippen LogP contribution in [-0.4, -0.2) is 203 Å². The van der Waals surface area contributed by atoms with Crippen LogP contribution in [0.3, 0.4) is 0 Å². The second-order valence-electron chi connectivity index (χ2n) is 43.4. The summed E-state index contributed by atoms with van der Waals surface area (Å²) in [5, 5.41) is 21.6. The summed E-state index contributed by atoms with van der Waals surface area (Å²) < 4.78 is 75.8. The average Bonchev–Trinajstić information content (AvgIpc) is 0.779. The Bertz CT molecular complexity index is 2860. The largest absolute Gasteiger partial charge is 0.465 e. The Labute approximate surface area is 651 Å². The molecule has 0 amide bonds. The second kappa shape index (κ2) is 32.2. The van der Waals surface area contributed by atoms with Crippen molar-refractivity contribution < 1.29 is 95.2 Å². The van der Waals surface area contributed by atoms with E-state index in [1.165, 1.54) is 0 Å². The van der Waals surface area contributed by atoms with Gasteiger partial charge < -0.3 is 88.7 Å². The molecule has 0 aromatic rings. The molecule has 0 aromatic heterocycles. The van der Waals surface area contributed by atoms with E-state index in [1.807, 2.05) is 166 Å². The van der Waals surface area contributed by atoms with Crippen molar-refractivity contribution in [2.75, 3.05) is 39.6 Å². The van der Waals surface area contributed by atoms with Crippen LogP contribution >= 0.6 is 0 Å². The predicted molar refractivity (Wildman–Crippen MR) is 409 cm³/mol. The van der Waals surface area contributed by atoms with E-state index < -0.39 is 216 Å². The predicted octanol–water partition coefficient (Wildman–Crippen LogP) is 10.2. The number of carbonyl (C=O) groups excluding carboxylic acids is 8. The van der Waals surface area contributed by atoms with E-state index in [2.05, 4.69) is 31.9 Å². The summed E-state index contributed by atoms with van der Waals surface area (Å²) in [4.78, 5) is 120. The molecule has 2 atom stereocenters. The molecule has 26 nitrogen and oxygen atoms in total. The highest BCUT2D eigenvalue weighted by Gasteiger charge is 2.55. The first-order valence-corrected chi connectivity index (χ1v) is 40.1. The summed E-state index contributed by atoms with van der Waals surface area (Å²) >= 11 is 0. The van der Waals surface area contributed by atoms with Crippen LogP contribution < -0.4 is 31.9 Å². The molecular formula is C83H142N6O20. The van der Waals surface area contributed by atoms with Gasteiger partial charge in [-0.25, -0.2) is 0 Å². The van der Waals surface area contributed by atoms with Gasteiger partial charge in [0.05, 0.1) is 56.5 Å². The van der Waals surface area contributed by atoms with Gasteiger partial charge in [0.15, 0.2) is 24.4 Å². The molecule has 8 aliphatic heterocycles. The van der Waals surface area contributed by atoms with Crippen molar-refractivity contribution in [2.24, 2.45) is 39.9 Å². The Morgan fingerprint density at radius 3 is 0.633 bits per heavy atom. The van der Waals surface area contributed by atoms with Crippen LogP contribution in [0.4, 0.5) is 0 Å². The molecule has 0 bridgehead atoms. The highest BCUT2D eigenvalue weighted by atomic mass is 16.7. The molecule has 624 valence electrons. The number of esters is 8. The van der Waals surface area contributed by atoms with Gasteiger partial charge in [0.2, 0.25) is 0 Å². The first-order valence-electron chi connectivity index (χ1n) is 40.1. The van der Waals surface area contributed by atoms with Crippen LogP contribution in [0.5, 0.6) is 0 Å². The zero-order valence-electron chi connectivity index (χ0n) is 71.7. The van der Waals surface area contributed by atoms with Crippen LogP contribution in [0.1, 0.15) is 284 Å². The lowest BCUT2D eigenvalue weighted by atomic mass is 9.80. The molecule has 0 aromatic carbocycles. The van der Waals surface area contributed by atoms with Gasteiger partial charge >= 0.3 is 47.8 Å². The summed E-state index contributed by atoms with van der Waals surface area (Å²) in [7, 11) is 0. The molecule has 8 heterocycles. The highest BCUT2D eigenvalue weighted by molar-refractivity contribution is 6.01. The first kappa shape index (κ1) is 89.9. The van der Waals surface area contributed by atoms with Crippen molar-refractivity contribution in [3.8, 4) is 0 Å². The van der Waals surface area contributed by atoms with Gasteiger partial charge in [0.1, 0.15) is 49.8 Å². The van der Waals surface area contributed by atoms with Crippen LogP contribution in [0.15, 0.2) is 0 Å². The van der Waals surface area contributed by atoms with Gasteiger partial charge in [0.25, 0.3) is 0 Å². The third-order valence-electron chi connectivity index (χ3n) is 22.5. The lowest BCUT2D eigenvalue weighted by molar-refractivity contribution is -0.337. The Morgan fingerprint density at radius 2 is 0.459 bits per heavy atom. The molecule has 1 spiro atoms. The van der Waals surface area contributed by atoms with Crippen LogP contribution in [0.2, 0.25) is 0 Å². The minimum Gasteiger partial charge on any atom is -0.465 e. The van der Waals surface area contributed by atoms with Gasteiger partial charge in [-0.2, -0.15) is 0 Å². The molecule has 8 saturated heterocycles. The van der Waals surface area contributed by atoms with Crippen LogP contribution in [0, 0.1) is 39.9 Å². The number of piperidine rings is 6. The number of nitrogens with one attached hydrogen (secondary N) is 6. The van der Waals surface area contributed by atoms with Gasteiger partial charge in [-0.3, -0.25) is 38.4 Å². The molecule has 0 aliphatic carbocycles. The van der Waals surface area contributed by atoms with E-state index in [-0.39, 0.29) is 39.6 Å². The number of hydrogen-bond acceptors (Lipinski definition) is 26. The fraction of sp³-hybridized carbons (Fsp3) is 0.904. The van der Waals surface area contributed by atoms with Crippen molar-refractivity contribution >= 4 is 47.8 Å². The molecule has 8 fully saturated rings.